The predicted molar refractivity (Wildman–Crippen MR) is 199 cm³/mol. The largest absolute Gasteiger partial charge is 0.421 e. The topological polar surface area (TPSA) is 52.5 Å². The summed E-state index contributed by atoms with van der Waals surface area (Å²) in [5, 5.41) is 9.35. The Kier molecular flexibility index (Phi) is 12.1. The fraction of sp³-hybridized carbons (Fsp3) is 0.122. The highest BCUT2D eigenvalue weighted by molar-refractivity contribution is 7.06. The summed E-state index contributed by atoms with van der Waals surface area (Å²) >= 11 is 0. The van der Waals surface area contributed by atoms with Gasteiger partial charge in [-0.3, -0.25) is 0 Å². The minimum atomic E-state index is -2.88. The van der Waals surface area contributed by atoms with Crippen LogP contribution in [0.3, 0.4) is 0 Å². The molecule has 0 aromatic heterocycles. The normalized spacial score (nSPS) is 12.9. The summed E-state index contributed by atoms with van der Waals surface area (Å²) in [5.41, 5.74) is 0. The van der Waals surface area contributed by atoms with Crippen LogP contribution in [-0.2, 0) is 0 Å². The Bertz CT molecular complexity index is 1360. The Balaban J connectivity index is 0.000000154. The quantitative estimate of drug-likeness (QED) is 0.191. The van der Waals surface area contributed by atoms with Crippen molar-refractivity contribution in [2.24, 2.45) is 0 Å². The van der Waals surface area contributed by atoms with Gasteiger partial charge in [-0.15, -0.1) is 0 Å². The number of benzene rings is 6. The second kappa shape index (κ2) is 16.8. The van der Waals surface area contributed by atoms with Crippen molar-refractivity contribution in [3.8, 4) is 0 Å². The van der Waals surface area contributed by atoms with Gasteiger partial charge in [-0.25, -0.2) is 0 Å². The zero-order valence-electron chi connectivity index (χ0n) is 26.3. The van der Waals surface area contributed by atoms with Crippen LogP contribution in [-0.4, -0.2) is 39.3 Å². The van der Waals surface area contributed by atoms with E-state index in [-0.39, 0.29) is 0 Å². The fourth-order valence-electron chi connectivity index (χ4n) is 5.88. The minimum absolute atomic E-state index is 1.01. The van der Waals surface area contributed by atoms with Gasteiger partial charge in [0.15, 0.2) is 0 Å². The first-order valence-electron chi connectivity index (χ1n) is 16.1. The maximum Gasteiger partial charge on any atom is 0.285 e. The third kappa shape index (κ3) is 8.07. The van der Waals surface area contributed by atoms with Crippen LogP contribution in [0, 0.1) is 0 Å². The first-order valence-corrected chi connectivity index (χ1v) is 20.0. The molecule has 232 valence electrons. The van der Waals surface area contributed by atoms with E-state index >= 15 is 0 Å². The number of rotatable bonds is 6. The first kappa shape index (κ1) is 33.0. The second-order valence-electron chi connectivity index (χ2n) is 11.4. The summed E-state index contributed by atoms with van der Waals surface area (Å²) in [4.78, 5) is 23.1. The first-order chi connectivity index (χ1) is 22.6. The van der Waals surface area contributed by atoms with Gasteiger partial charge in [0.1, 0.15) is 0 Å². The van der Waals surface area contributed by atoms with Crippen LogP contribution in [0.5, 0.6) is 0 Å². The van der Waals surface area contributed by atoms with Crippen LogP contribution < -0.4 is 36.4 Å². The third-order valence-corrected chi connectivity index (χ3v) is 15.4. The highest BCUT2D eigenvalue weighted by atomic mass is 28.4. The Labute approximate surface area is 276 Å². The predicted octanol–water partition coefficient (Wildman–Crippen LogP) is 4.05. The van der Waals surface area contributed by atoms with Gasteiger partial charge in [-0.05, 0) is 57.1 Å². The molecule has 0 spiro atoms. The van der Waals surface area contributed by atoms with E-state index in [0.717, 1.165) is 31.1 Å². The second-order valence-corrected chi connectivity index (χ2v) is 17.7. The van der Waals surface area contributed by atoms with Gasteiger partial charge < -0.3 is 14.9 Å². The number of hydrogen-bond acceptors (Lipinski definition) is 3. The molecule has 46 heavy (non-hydrogen) atoms. The average Bonchev–Trinajstić information content (AvgIpc) is 3.17. The summed E-state index contributed by atoms with van der Waals surface area (Å²) in [5.74, 6) is 0. The van der Waals surface area contributed by atoms with E-state index in [2.05, 4.69) is 5.32 Å². The van der Waals surface area contributed by atoms with Crippen molar-refractivity contribution < 1.29 is 9.59 Å². The van der Waals surface area contributed by atoms with Crippen LogP contribution in [0.4, 0.5) is 0 Å². The average molecular weight is 638 g/mol. The minimum Gasteiger partial charge on any atom is -0.421 e. The Morgan fingerprint density at radius 2 is 0.500 bits per heavy atom. The molecule has 0 bridgehead atoms. The zero-order valence-corrected chi connectivity index (χ0v) is 28.3. The van der Waals surface area contributed by atoms with Crippen molar-refractivity contribution in [2.75, 3.05) is 13.1 Å². The van der Waals surface area contributed by atoms with Crippen LogP contribution in [0.15, 0.2) is 182 Å². The number of hydrogen-bond donors (Lipinski definition) is 3. The third-order valence-electron chi connectivity index (χ3n) is 8.36. The Morgan fingerprint density at radius 1 is 0.304 bits per heavy atom. The lowest BCUT2D eigenvalue weighted by molar-refractivity contribution is 0.520. The monoisotopic (exact) mass is 637 g/mol. The van der Waals surface area contributed by atoms with Gasteiger partial charge in [0.2, 0.25) is 0 Å². The van der Waals surface area contributed by atoms with Crippen molar-refractivity contribution in [2.45, 2.75) is 19.3 Å². The molecule has 1 saturated heterocycles. The molecule has 6 aromatic rings. The molecule has 6 aromatic carbocycles. The van der Waals surface area contributed by atoms with Crippen molar-refractivity contribution in [1.29, 1.82) is 0 Å². The molecule has 1 aliphatic rings. The van der Waals surface area contributed by atoms with Crippen molar-refractivity contribution in [3.63, 3.8) is 0 Å². The van der Waals surface area contributed by atoms with Gasteiger partial charge in [0.05, 0.1) is 0 Å². The smallest absolute Gasteiger partial charge is 0.285 e. The maximum atomic E-state index is 11.6. The fourth-order valence-corrected chi connectivity index (χ4v) is 11.9. The molecule has 3 nitrogen and oxygen atoms in total. The lowest BCUT2D eigenvalue weighted by atomic mass is 10.2. The Morgan fingerprint density at radius 3 is 0.630 bits per heavy atom. The van der Waals surface area contributed by atoms with Crippen molar-refractivity contribution in [3.05, 3.63) is 182 Å². The molecule has 0 unspecified atom stereocenters. The molecule has 0 amide bonds. The summed E-state index contributed by atoms with van der Waals surface area (Å²) in [6.07, 6.45) is 4.22. The van der Waals surface area contributed by atoms with Gasteiger partial charge >= 0.3 is 0 Å². The van der Waals surface area contributed by atoms with Crippen molar-refractivity contribution >= 4 is 47.8 Å². The van der Waals surface area contributed by atoms with Gasteiger partial charge in [0.25, 0.3) is 16.6 Å². The van der Waals surface area contributed by atoms with E-state index in [1.807, 2.05) is 182 Å². The van der Waals surface area contributed by atoms with E-state index < -0.39 is 16.6 Å². The lowest BCUT2D eigenvalue weighted by Crippen LogP contribution is -2.67. The highest BCUT2D eigenvalue weighted by Gasteiger charge is 2.38. The standard InChI is InChI=1S/2C18H16OSi.C5H11N/c2*19-20(16-10-4-1-5-11-16,17-12-6-2-7-13-17)18-14-8-3-9-15-18;1-2-4-6-5-3-1/h2*1-15,19H;6H,1-5H2. The van der Waals surface area contributed by atoms with E-state index in [4.69, 9.17) is 0 Å². The summed E-state index contributed by atoms with van der Waals surface area (Å²) in [7, 11) is -5.76. The maximum absolute atomic E-state index is 11.6. The van der Waals surface area contributed by atoms with Crippen LogP contribution >= 0.6 is 0 Å². The Hall–Kier alpha value is -4.37. The molecule has 1 aliphatic heterocycles. The molecular weight excluding hydrogens is 595 g/mol. The van der Waals surface area contributed by atoms with Gasteiger partial charge in [-0.1, -0.05) is 188 Å². The van der Waals surface area contributed by atoms with E-state index in [9.17, 15) is 9.59 Å². The van der Waals surface area contributed by atoms with Crippen LogP contribution in [0.25, 0.3) is 0 Å². The molecule has 0 aliphatic carbocycles. The molecule has 5 heteroatoms. The molecule has 0 atom stereocenters. The van der Waals surface area contributed by atoms with Crippen molar-refractivity contribution in [1.82, 2.24) is 5.32 Å². The SMILES string of the molecule is C1CCNCC1.O[Si](c1ccccc1)(c1ccccc1)c1ccccc1.O[Si](c1ccccc1)(c1ccccc1)c1ccccc1. The molecule has 1 heterocycles. The molecule has 7 rings (SSSR count). The van der Waals surface area contributed by atoms with E-state index in [1.165, 1.54) is 32.4 Å². The molecule has 0 saturated carbocycles. The molecule has 0 radical (unpaired) electrons. The van der Waals surface area contributed by atoms with Gasteiger partial charge in [0, 0.05) is 0 Å². The molecule has 3 N–H and O–H groups in total. The van der Waals surface area contributed by atoms with Crippen LogP contribution in [0.1, 0.15) is 19.3 Å². The van der Waals surface area contributed by atoms with E-state index in [0.29, 0.717) is 0 Å². The number of piperidine rings is 1. The summed E-state index contributed by atoms with van der Waals surface area (Å²) in [6.45, 7) is 2.50. The number of nitrogens with one attached hydrogen (secondary N) is 1. The highest BCUT2D eigenvalue weighted by Crippen LogP contribution is 2.05. The lowest BCUT2D eigenvalue weighted by Gasteiger charge is -2.26. The molecular formula is C41H43NO2Si2. The zero-order chi connectivity index (χ0) is 31.9. The van der Waals surface area contributed by atoms with E-state index in [1.54, 1.807) is 0 Å². The van der Waals surface area contributed by atoms with Gasteiger partial charge in [-0.2, -0.15) is 0 Å². The summed E-state index contributed by atoms with van der Waals surface area (Å²) < 4.78 is 0. The van der Waals surface area contributed by atoms with Crippen LogP contribution in [0.2, 0.25) is 0 Å². The molecule has 1 fully saturated rings. The summed E-state index contributed by atoms with van der Waals surface area (Å²) in [6, 6.07) is 59.9.